The van der Waals surface area contributed by atoms with E-state index < -0.39 is 0 Å². The van der Waals surface area contributed by atoms with E-state index >= 15 is 0 Å². The van der Waals surface area contributed by atoms with Gasteiger partial charge in [0.1, 0.15) is 5.75 Å². The van der Waals surface area contributed by atoms with Gasteiger partial charge in [-0.3, -0.25) is 4.79 Å². The minimum Gasteiger partial charge on any atom is -0.496 e. The Balaban J connectivity index is 1.84. The van der Waals surface area contributed by atoms with Crippen LogP contribution in [0.15, 0.2) is 42.5 Å². The summed E-state index contributed by atoms with van der Waals surface area (Å²) >= 11 is 0. The number of rotatable bonds is 9. The molecule has 0 saturated heterocycles. The van der Waals surface area contributed by atoms with Crippen molar-refractivity contribution in [3.05, 3.63) is 59.2 Å². The molecule has 4 heteroatoms. The topological polar surface area (TPSA) is 32.8 Å². The van der Waals surface area contributed by atoms with Gasteiger partial charge >= 0.3 is 0 Å². The van der Waals surface area contributed by atoms with Crippen LogP contribution in [0.1, 0.15) is 48.2 Å². The van der Waals surface area contributed by atoms with Crippen molar-refractivity contribution in [2.45, 2.75) is 39.5 Å². The van der Waals surface area contributed by atoms with Crippen LogP contribution in [-0.4, -0.2) is 44.1 Å². The number of carbonyl (C=O) groups is 1. The normalized spacial score (nSPS) is 13.1. The molecule has 1 aliphatic rings. The monoisotopic (exact) mass is 380 g/mol. The smallest absolute Gasteiger partial charge is 0.258 e. The van der Waals surface area contributed by atoms with E-state index in [0.29, 0.717) is 0 Å². The van der Waals surface area contributed by atoms with Gasteiger partial charge in [0.25, 0.3) is 5.91 Å². The summed E-state index contributed by atoms with van der Waals surface area (Å²) in [4.78, 5) is 17.4. The van der Waals surface area contributed by atoms with E-state index in [9.17, 15) is 4.79 Å². The van der Waals surface area contributed by atoms with Crippen molar-refractivity contribution < 1.29 is 9.53 Å². The van der Waals surface area contributed by atoms with Crippen molar-refractivity contribution in [2.24, 2.45) is 0 Å². The Labute approximate surface area is 169 Å². The Hall–Kier alpha value is -2.33. The minimum atomic E-state index is 0.0778. The van der Waals surface area contributed by atoms with Crippen LogP contribution >= 0.6 is 0 Å². The Kier molecular flexibility index (Phi) is 7.10. The highest BCUT2D eigenvalue weighted by atomic mass is 16.5. The number of nitrogens with zero attached hydrogens (tertiary/aromatic N) is 2. The fourth-order valence-electron chi connectivity index (χ4n) is 4.19. The molecule has 0 fully saturated rings. The summed E-state index contributed by atoms with van der Waals surface area (Å²) in [5.74, 6) is 1.02. The molecule has 0 aromatic heterocycles. The van der Waals surface area contributed by atoms with Crippen LogP contribution in [0.5, 0.6) is 5.75 Å². The summed E-state index contributed by atoms with van der Waals surface area (Å²) in [6, 6.07) is 13.6. The van der Waals surface area contributed by atoms with Gasteiger partial charge in [-0.05, 0) is 68.6 Å². The maximum Gasteiger partial charge on any atom is 0.258 e. The number of benzene rings is 2. The largest absolute Gasteiger partial charge is 0.496 e. The number of ether oxygens (including phenoxy) is 1. The average molecular weight is 381 g/mol. The molecule has 0 atom stereocenters. The van der Waals surface area contributed by atoms with Gasteiger partial charge in [-0.15, -0.1) is 0 Å². The number of anilines is 1. The Morgan fingerprint density at radius 2 is 1.75 bits per heavy atom. The molecule has 2 aromatic carbocycles. The number of carbonyl (C=O) groups excluding carboxylic acids is 1. The highest BCUT2D eigenvalue weighted by molar-refractivity contribution is 6.07. The molecule has 4 nitrogen and oxygen atoms in total. The second-order valence-corrected chi connectivity index (χ2v) is 7.41. The van der Waals surface area contributed by atoms with E-state index in [1.807, 2.05) is 47.4 Å². The molecule has 0 aliphatic carbocycles. The first-order chi connectivity index (χ1) is 13.7. The average Bonchev–Trinajstić information content (AvgIpc) is 3.16. The van der Waals surface area contributed by atoms with Crippen LogP contribution in [0.2, 0.25) is 0 Å². The van der Waals surface area contributed by atoms with Crippen LogP contribution in [0, 0.1) is 0 Å². The molecule has 150 valence electrons. The van der Waals surface area contributed by atoms with Crippen LogP contribution in [-0.2, 0) is 12.8 Å². The zero-order valence-corrected chi connectivity index (χ0v) is 17.4. The molecule has 0 bridgehead atoms. The molecular weight excluding hydrogens is 348 g/mol. The zero-order valence-electron chi connectivity index (χ0n) is 17.4. The van der Waals surface area contributed by atoms with E-state index in [4.69, 9.17) is 4.74 Å². The molecule has 1 amide bonds. The van der Waals surface area contributed by atoms with E-state index in [2.05, 4.69) is 18.7 Å². The summed E-state index contributed by atoms with van der Waals surface area (Å²) in [5.41, 5.74) is 4.32. The van der Waals surface area contributed by atoms with Crippen LogP contribution in [0.4, 0.5) is 5.69 Å². The van der Waals surface area contributed by atoms with E-state index in [1.165, 1.54) is 24.0 Å². The first-order valence-electron chi connectivity index (χ1n) is 10.5. The molecule has 0 saturated carbocycles. The first-order valence-corrected chi connectivity index (χ1v) is 10.5. The van der Waals surface area contributed by atoms with Crippen LogP contribution in [0.3, 0.4) is 0 Å². The quantitative estimate of drug-likeness (QED) is 0.639. The van der Waals surface area contributed by atoms with E-state index in [-0.39, 0.29) is 5.91 Å². The lowest BCUT2D eigenvalue weighted by atomic mass is 10.00. The van der Waals surface area contributed by atoms with Gasteiger partial charge in [0.2, 0.25) is 0 Å². The van der Waals surface area contributed by atoms with Crippen LogP contribution < -0.4 is 9.64 Å². The third-order valence-electron chi connectivity index (χ3n) is 5.48. The van der Waals surface area contributed by atoms with Crippen molar-refractivity contribution >= 4 is 11.6 Å². The molecule has 1 heterocycles. The lowest BCUT2D eigenvalue weighted by molar-refractivity contribution is 0.0989. The molecule has 2 aromatic rings. The summed E-state index contributed by atoms with van der Waals surface area (Å²) in [5, 5.41) is 0. The van der Waals surface area contributed by atoms with Gasteiger partial charge < -0.3 is 14.5 Å². The SMILES string of the molecule is CCCN(CCC)CCc1c(OC)ccc2c1CCN2C(=O)c1ccccc1. The van der Waals surface area contributed by atoms with Gasteiger partial charge in [0.05, 0.1) is 7.11 Å². The molecule has 0 radical (unpaired) electrons. The van der Waals surface area contributed by atoms with Crippen molar-refractivity contribution in [1.29, 1.82) is 0 Å². The fourth-order valence-corrected chi connectivity index (χ4v) is 4.19. The maximum absolute atomic E-state index is 13.0. The summed E-state index contributed by atoms with van der Waals surface area (Å²) in [6.07, 6.45) is 4.19. The number of fused-ring (bicyclic) bond motifs is 1. The summed E-state index contributed by atoms with van der Waals surface area (Å²) < 4.78 is 5.68. The van der Waals surface area contributed by atoms with Gasteiger partial charge in [-0.2, -0.15) is 0 Å². The Morgan fingerprint density at radius 1 is 1.04 bits per heavy atom. The number of amides is 1. The van der Waals surface area contributed by atoms with Crippen LogP contribution in [0.25, 0.3) is 0 Å². The molecule has 0 N–H and O–H groups in total. The summed E-state index contributed by atoms with van der Waals surface area (Å²) in [6.45, 7) is 8.48. The maximum atomic E-state index is 13.0. The Bertz CT molecular complexity index is 783. The predicted octanol–water partition coefficient (Wildman–Crippen LogP) is 4.56. The number of methoxy groups -OCH3 is 1. The number of hydrogen-bond donors (Lipinski definition) is 0. The molecule has 0 unspecified atom stereocenters. The standard InChI is InChI=1S/C24H32N2O2/c1-4-15-25(16-5-2)17-13-21-20-14-18-26(22(20)11-12-23(21)28-3)24(27)19-9-7-6-8-10-19/h6-12H,4-5,13-18H2,1-3H3. The van der Waals surface area contributed by atoms with Gasteiger partial charge in [0, 0.05) is 29.9 Å². The van der Waals surface area contributed by atoms with Crippen molar-refractivity contribution in [1.82, 2.24) is 4.90 Å². The minimum absolute atomic E-state index is 0.0778. The van der Waals surface area contributed by atoms with Gasteiger partial charge in [-0.1, -0.05) is 32.0 Å². The van der Waals surface area contributed by atoms with Crippen molar-refractivity contribution in [2.75, 3.05) is 38.2 Å². The highest BCUT2D eigenvalue weighted by Crippen LogP contribution is 2.37. The third kappa shape index (κ3) is 4.39. The first kappa shape index (κ1) is 20.4. The highest BCUT2D eigenvalue weighted by Gasteiger charge is 2.28. The molecule has 1 aliphatic heterocycles. The zero-order chi connectivity index (χ0) is 19.9. The second kappa shape index (κ2) is 9.74. The van der Waals surface area contributed by atoms with E-state index in [0.717, 1.165) is 56.0 Å². The summed E-state index contributed by atoms with van der Waals surface area (Å²) in [7, 11) is 1.74. The van der Waals surface area contributed by atoms with Gasteiger partial charge in [0.15, 0.2) is 0 Å². The van der Waals surface area contributed by atoms with E-state index in [1.54, 1.807) is 7.11 Å². The van der Waals surface area contributed by atoms with Crippen molar-refractivity contribution in [3.63, 3.8) is 0 Å². The lowest BCUT2D eigenvalue weighted by Crippen LogP contribution is -2.29. The van der Waals surface area contributed by atoms with Gasteiger partial charge in [-0.25, -0.2) is 0 Å². The molecule has 3 rings (SSSR count). The molecular formula is C24H32N2O2. The third-order valence-corrected chi connectivity index (χ3v) is 5.48. The number of hydrogen-bond acceptors (Lipinski definition) is 3. The predicted molar refractivity (Wildman–Crippen MR) is 116 cm³/mol. The van der Waals surface area contributed by atoms with Crippen molar-refractivity contribution in [3.8, 4) is 5.75 Å². The second-order valence-electron chi connectivity index (χ2n) is 7.41. The molecule has 0 spiro atoms. The molecule has 28 heavy (non-hydrogen) atoms. The Morgan fingerprint density at radius 3 is 2.39 bits per heavy atom. The fraction of sp³-hybridized carbons (Fsp3) is 0.458. The lowest BCUT2D eigenvalue weighted by Gasteiger charge is -2.23.